The van der Waals surface area contributed by atoms with Gasteiger partial charge in [0.25, 0.3) is 0 Å². The van der Waals surface area contributed by atoms with Crippen molar-refractivity contribution in [3.05, 3.63) is 36.5 Å². The number of nitrogens with zero attached hydrogens (tertiary/aromatic N) is 2. The van der Waals surface area contributed by atoms with Crippen LogP contribution in [0.4, 0.5) is 0 Å². The Morgan fingerprint density at radius 3 is 2.64 bits per heavy atom. The summed E-state index contributed by atoms with van der Waals surface area (Å²) in [5.74, 6) is 1.55. The van der Waals surface area contributed by atoms with Crippen molar-refractivity contribution in [2.75, 3.05) is 26.7 Å². The van der Waals surface area contributed by atoms with Crippen molar-refractivity contribution in [2.45, 2.75) is 45.1 Å². The molecule has 6 heteroatoms. The second-order valence-electron chi connectivity index (χ2n) is 7.55. The quantitative estimate of drug-likeness (QED) is 0.354. The molecule has 0 unspecified atom stereocenters. The van der Waals surface area contributed by atoms with E-state index in [0.29, 0.717) is 25.4 Å². The zero-order valence-electron chi connectivity index (χ0n) is 16.9. The highest BCUT2D eigenvalue weighted by Gasteiger charge is 2.17. The van der Waals surface area contributed by atoms with Crippen LogP contribution >= 0.6 is 0 Å². The molecule has 0 radical (unpaired) electrons. The van der Waals surface area contributed by atoms with E-state index in [2.05, 4.69) is 62.0 Å². The highest BCUT2D eigenvalue weighted by molar-refractivity contribution is 5.80. The van der Waals surface area contributed by atoms with Crippen LogP contribution in [0.5, 0.6) is 0 Å². The van der Waals surface area contributed by atoms with Gasteiger partial charge in [0, 0.05) is 51.4 Å². The van der Waals surface area contributed by atoms with Gasteiger partial charge in [0.1, 0.15) is 0 Å². The Labute approximate surface area is 167 Å². The van der Waals surface area contributed by atoms with Gasteiger partial charge in [-0.2, -0.15) is 0 Å². The monoisotopic (exact) mass is 383 g/mol. The lowest BCUT2D eigenvalue weighted by molar-refractivity contribution is -0.121. The Balaban J connectivity index is 1.27. The summed E-state index contributed by atoms with van der Waals surface area (Å²) in [6.45, 7) is 3.12. The molecular weight excluding hydrogens is 350 g/mol. The van der Waals surface area contributed by atoms with Gasteiger partial charge < -0.3 is 20.5 Å². The number of nitrogens with one attached hydrogen (secondary N) is 3. The largest absolute Gasteiger partial charge is 0.356 e. The molecule has 2 aromatic rings. The van der Waals surface area contributed by atoms with Crippen molar-refractivity contribution >= 4 is 22.8 Å². The van der Waals surface area contributed by atoms with Crippen LogP contribution in [0.15, 0.2) is 41.5 Å². The first-order valence-corrected chi connectivity index (χ1v) is 10.5. The summed E-state index contributed by atoms with van der Waals surface area (Å²) in [5, 5.41) is 10.9. The van der Waals surface area contributed by atoms with E-state index in [1.807, 2.05) is 0 Å². The zero-order chi connectivity index (χ0) is 19.6. The van der Waals surface area contributed by atoms with Gasteiger partial charge in [-0.25, -0.2) is 0 Å². The highest BCUT2D eigenvalue weighted by atomic mass is 16.1. The number of rotatable bonds is 9. The fourth-order valence-corrected chi connectivity index (χ4v) is 3.94. The molecular formula is C22H33N5O. The fourth-order valence-electron chi connectivity index (χ4n) is 3.94. The first-order chi connectivity index (χ1) is 13.8. The average molecular weight is 384 g/mol. The Kier molecular flexibility index (Phi) is 7.76. The van der Waals surface area contributed by atoms with Crippen LogP contribution in [0, 0.1) is 5.92 Å². The molecule has 28 heavy (non-hydrogen) atoms. The minimum absolute atomic E-state index is 0.176. The molecule has 1 fully saturated rings. The second kappa shape index (κ2) is 10.7. The first kappa shape index (κ1) is 20.2. The second-order valence-corrected chi connectivity index (χ2v) is 7.55. The number of hydrogen-bond donors (Lipinski definition) is 3. The molecule has 0 aliphatic heterocycles. The maximum absolute atomic E-state index is 11.9. The number of aryl methyl sites for hydroxylation is 1. The molecule has 1 saturated carbocycles. The van der Waals surface area contributed by atoms with E-state index in [9.17, 15) is 4.79 Å². The summed E-state index contributed by atoms with van der Waals surface area (Å²) in [6.07, 6.45) is 8.82. The number of carbonyl (C=O) groups is 1. The van der Waals surface area contributed by atoms with Gasteiger partial charge in [0.15, 0.2) is 5.96 Å². The average Bonchev–Trinajstić information content (AvgIpc) is 3.36. The topological polar surface area (TPSA) is 70.5 Å². The third kappa shape index (κ3) is 6.01. The Bertz CT molecular complexity index is 776. The standard InChI is InChI=1S/C22H33N5O/c1-23-22(26-14-13-24-21(28)17-18-7-2-3-8-18)25-12-6-15-27-16-11-19-9-4-5-10-20(19)27/h4-5,9-11,16,18H,2-3,6-8,12-15,17H2,1H3,(H,24,28)(H2,23,25,26). The van der Waals surface area contributed by atoms with Gasteiger partial charge in [-0.1, -0.05) is 31.0 Å². The SMILES string of the molecule is CN=C(NCCCn1ccc2ccccc21)NCCNC(=O)CC1CCCC1. The molecule has 0 saturated heterocycles. The Morgan fingerprint density at radius 2 is 1.82 bits per heavy atom. The van der Waals surface area contributed by atoms with E-state index in [-0.39, 0.29) is 5.91 Å². The number of para-hydroxylation sites is 1. The number of carbonyl (C=O) groups excluding carboxylic acids is 1. The molecule has 1 aromatic carbocycles. The molecule has 1 amide bonds. The van der Waals surface area contributed by atoms with E-state index in [0.717, 1.165) is 25.5 Å². The highest BCUT2D eigenvalue weighted by Crippen LogP contribution is 2.27. The van der Waals surface area contributed by atoms with Crippen LogP contribution in [0.2, 0.25) is 0 Å². The van der Waals surface area contributed by atoms with Crippen LogP contribution in [0.25, 0.3) is 10.9 Å². The van der Waals surface area contributed by atoms with Gasteiger partial charge in [0.05, 0.1) is 0 Å². The summed E-state index contributed by atoms with van der Waals surface area (Å²) in [6, 6.07) is 10.6. The van der Waals surface area contributed by atoms with E-state index < -0.39 is 0 Å². The predicted molar refractivity (Wildman–Crippen MR) is 116 cm³/mol. The number of fused-ring (bicyclic) bond motifs is 1. The maximum Gasteiger partial charge on any atom is 0.220 e. The molecule has 0 bridgehead atoms. The van der Waals surface area contributed by atoms with Crippen LogP contribution in [-0.4, -0.2) is 43.1 Å². The Hall–Kier alpha value is -2.50. The minimum Gasteiger partial charge on any atom is -0.356 e. The number of aliphatic imine (C=N–C) groups is 1. The van der Waals surface area contributed by atoms with Crippen molar-refractivity contribution in [1.29, 1.82) is 0 Å². The summed E-state index contributed by atoms with van der Waals surface area (Å²) in [4.78, 5) is 16.2. The number of benzene rings is 1. The van der Waals surface area contributed by atoms with Crippen molar-refractivity contribution in [2.24, 2.45) is 10.9 Å². The van der Waals surface area contributed by atoms with E-state index in [4.69, 9.17) is 0 Å². The molecule has 0 spiro atoms. The van der Waals surface area contributed by atoms with Crippen molar-refractivity contribution in [1.82, 2.24) is 20.5 Å². The van der Waals surface area contributed by atoms with E-state index in [1.165, 1.54) is 36.6 Å². The van der Waals surface area contributed by atoms with Gasteiger partial charge in [0.2, 0.25) is 5.91 Å². The lowest BCUT2D eigenvalue weighted by atomic mass is 10.0. The molecule has 1 aliphatic rings. The normalized spacial score (nSPS) is 15.1. The van der Waals surface area contributed by atoms with Gasteiger partial charge >= 0.3 is 0 Å². The lowest BCUT2D eigenvalue weighted by Crippen LogP contribution is -2.42. The lowest BCUT2D eigenvalue weighted by Gasteiger charge is -2.13. The fraction of sp³-hybridized carbons (Fsp3) is 0.545. The number of hydrogen-bond acceptors (Lipinski definition) is 2. The molecule has 152 valence electrons. The summed E-state index contributed by atoms with van der Waals surface area (Å²) < 4.78 is 2.28. The minimum atomic E-state index is 0.176. The van der Waals surface area contributed by atoms with Crippen LogP contribution in [0.1, 0.15) is 38.5 Å². The van der Waals surface area contributed by atoms with Gasteiger partial charge in [-0.15, -0.1) is 0 Å². The van der Waals surface area contributed by atoms with Crippen LogP contribution in [-0.2, 0) is 11.3 Å². The zero-order valence-corrected chi connectivity index (χ0v) is 16.9. The molecule has 0 atom stereocenters. The number of aromatic nitrogens is 1. The number of amides is 1. The molecule has 3 N–H and O–H groups in total. The van der Waals surface area contributed by atoms with Crippen molar-refractivity contribution < 1.29 is 4.79 Å². The summed E-state index contributed by atoms with van der Waals surface area (Å²) >= 11 is 0. The third-order valence-corrected chi connectivity index (χ3v) is 5.46. The summed E-state index contributed by atoms with van der Waals surface area (Å²) in [7, 11) is 1.77. The van der Waals surface area contributed by atoms with Crippen molar-refractivity contribution in [3.8, 4) is 0 Å². The molecule has 1 aromatic heterocycles. The Morgan fingerprint density at radius 1 is 1.07 bits per heavy atom. The van der Waals surface area contributed by atoms with Crippen LogP contribution < -0.4 is 16.0 Å². The number of guanidine groups is 1. The summed E-state index contributed by atoms with van der Waals surface area (Å²) in [5.41, 5.74) is 1.28. The predicted octanol–water partition coefficient (Wildman–Crippen LogP) is 2.89. The van der Waals surface area contributed by atoms with Crippen molar-refractivity contribution in [3.63, 3.8) is 0 Å². The van der Waals surface area contributed by atoms with Gasteiger partial charge in [-0.05, 0) is 42.7 Å². The van der Waals surface area contributed by atoms with E-state index in [1.54, 1.807) is 7.05 Å². The smallest absolute Gasteiger partial charge is 0.220 e. The maximum atomic E-state index is 11.9. The van der Waals surface area contributed by atoms with E-state index >= 15 is 0 Å². The first-order valence-electron chi connectivity index (χ1n) is 10.5. The molecule has 1 aliphatic carbocycles. The molecule has 1 heterocycles. The van der Waals surface area contributed by atoms with Crippen LogP contribution in [0.3, 0.4) is 0 Å². The molecule has 3 rings (SSSR count). The third-order valence-electron chi connectivity index (χ3n) is 5.46. The molecule has 6 nitrogen and oxygen atoms in total. The van der Waals surface area contributed by atoms with Gasteiger partial charge in [-0.3, -0.25) is 9.79 Å².